The van der Waals surface area contributed by atoms with Crippen LogP contribution in [0.3, 0.4) is 0 Å². The van der Waals surface area contributed by atoms with Crippen molar-refractivity contribution in [1.82, 2.24) is 25.0 Å². The van der Waals surface area contributed by atoms with Crippen LogP contribution in [-0.4, -0.2) is 52.3 Å². The highest BCUT2D eigenvalue weighted by atomic mass is 16.2. The van der Waals surface area contributed by atoms with E-state index in [1.807, 2.05) is 62.3 Å². The molecule has 1 atom stereocenters. The molecule has 6 heteroatoms. The van der Waals surface area contributed by atoms with Gasteiger partial charge in [-0.25, -0.2) is 4.98 Å². The molecule has 1 amide bonds. The first-order valence-corrected chi connectivity index (χ1v) is 9.42. The topological polar surface area (TPSA) is 63.1 Å². The number of aromatic nitrogens is 3. The van der Waals surface area contributed by atoms with Gasteiger partial charge in [-0.3, -0.25) is 9.48 Å². The summed E-state index contributed by atoms with van der Waals surface area (Å²) in [4.78, 5) is 20.2. The minimum Gasteiger partial charge on any atom is -0.338 e. The fourth-order valence-electron chi connectivity index (χ4n) is 4.01. The zero-order valence-corrected chi connectivity index (χ0v) is 16.1. The average Bonchev–Trinajstić information content (AvgIpc) is 3.26. The molecule has 1 aromatic carbocycles. The van der Waals surface area contributed by atoms with Crippen LogP contribution in [0.2, 0.25) is 0 Å². The van der Waals surface area contributed by atoms with Crippen molar-refractivity contribution < 1.29 is 4.79 Å². The van der Waals surface area contributed by atoms with E-state index in [-0.39, 0.29) is 5.91 Å². The molecule has 0 bridgehead atoms. The molecule has 1 aliphatic rings. The SMILES string of the molecule is CNCC1CCN(C(=O)c2cc(-c3ccccc3)nc3c2c(C)nn3C)C1. The Morgan fingerprint density at radius 3 is 2.81 bits per heavy atom. The average molecular weight is 363 g/mol. The van der Waals surface area contributed by atoms with Gasteiger partial charge in [0.15, 0.2) is 5.65 Å². The second-order valence-corrected chi connectivity index (χ2v) is 7.29. The summed E-state index contributed by atoms with van der Waals surface area (Å²) in [6.07, 6.45) is 1.04. The van der Waals surface area contributed by atoms with E-state index in [4.69, 9.17) is 4.98 Å². The summed E-state index contributed by atoms with van der Waals surface area (Å²) in [6, 6.07) is 11.9. The molecule has 0 spiro atoms. The zero-order valence-electron chi connectivity index (χ0n) is 16.1. The fourth-order valence-corrected chi connectivity index (χ4v) is 4.01. The summed E-state index contributed by atoms with van der Waals surface area (Å²) in [5, 5.41) is 8.59. The van der Waals surface area contributed by atoms with Crippen LogP contribution in [0.1, 0.15) is 22.5 Å². The highest BCUT2D eigenvalue weighted by Gasteiger charge is 2.29. The second kappa shape index (κ2) is 7.12. The number of fused-ring (bicyclic) bond motifs is 1. The van der Waals surface area contributed by atoms with Crippen LogP contribution >= 0.6 is 0 Å². The van der Waals surface area contributed by atoms with Crippen molar-refractivity contribution in [2.75, 3.05) is 26.7 Å². The molecular formula is C21H25N5O. The Morgan fingerprint density at radius 1 is 1.30 bits per heavy atom. The molecule has 1 N–H and O–H groups in total. The molecule has 6 nitrogen and oxygen atoms in total. The first kappa shape index (κ1) is 17.7. The predicted molar refractivity (Wildman–Crippen MR) is 107 cm³/mol. The molecule has 1 fully saturated rings. The Balaban J connectivity index is 1.80. The number of aryl methyl sites for hydroxylation is 2. The molecule has 0 saturated carbocycles. The van der Waals surface area contributed by atoms with Crippen LogP contribution in [0.4, 0.5) is 0 Å². The molecule has 4 rings (SSSR count). The van der Waals surface area contributed by atoms with Gasteiger partial charge in [0.2, 0.25) is 0 Å². The number of hydrogen-bond donors (Lipinski definition) is 1. The Morgan fingerprint density at radius 2 is 2.07 bits per heavy atom. The minimum absolute atomic E-state index is 0.0780. The molecule has 3 heterocycles. The number of nitrogens with one attached hydrogen (secondary N) is 1. The largest absolute Gasteiger partial charge is 0.338 e. The molecule has 2 aromatic heterocycles. The lowest BCUT2D eigenvalue weighted by Gasteiger charge is -2.18. The van der Waals surface area contributed by atoms with Gasteiger partial charge in [0.05, 0.1) is 22.3 Å². The van der Waals surface area contributed by atoms with Crippen molar-refractivity contribution >= 4 is 16.9 Å². The number of hydrogen-bond acceptors (Lipinski definition) is 4. The van der Waals surface area contributed by atoms with Crippen molar-refractivity contribution in [1.29, 1.82) is 0 Å². The summed E-state index contributed by atoms with van der Waals surface area (Å²) in [5.74, 6) is 0.592. The van der Waals surface area contributed by atoms with Crippen LogP contribution < -0.4 is 5.32 Å². The van der Waals surface area contributed by atoms with E-state index in [0.717, 1.165) is 54.0 Å². The minimum atomic E-state index is 0.0780. The Hall–Kier alpha value is -2.73. The highest BCUT2D eigenvalue weighted by Crippen LogP contribution is 2.29. The maximum Gasteiger partial charge on any atom is 0.254 e. The van der Waals surface area contributed by atoms with Gasteiger partial charge in [-0.1, -0.05) is 30.3 Å². The number of likely N-dealkylation sites (tertiary alicyclic amines) is 1. The monoisotopic (exact) mass is 363 g/mol. The van der Waals surface area contributed by atoms with Gasteiger partial charge < -0.3 is 10.2 Å². The summed E-state index contributed by atoms with van der Waals surface area (Å²) in [5.41, 5.74) is 4.11. The van der Waals surface area contributed by atoms with E-state index in [1.165, 1.54) is 0 Å². The normalized spacial score (nSPS) is 17.0. The lowest BCUT2D eigenvalue weighted by atomic mass is 10.0. The lowest BCUT2D eigenvalue weighted by Crippen LogP contribution is -2.30. The van der Waals surface area contributed by atoms with E-state index in [0.29, 0.717) is 11.5 Å². The summed E-state index contributed by atoms with van der Waals surface area (Å²) in [7, 11) is 3.84. The maximum atomic E-state index is 13.4. The molecule has 1 unspecified atom stereocenters. The zero-order chi connectivity index (χ0) is 19.0. The van der Waals surface area contributed by atoms with Gasteiger partial charge in [-0.05, 0) is 38.9 Å². The number of benzene rings is 1. The first-order valence-electron chi connectivity index (χ1n) is 9.42. The Kier molecular flexibility index (Phi) is 4.66. The Labute approximate surface area is 159 Å². The molecule has 1 saturated heterocycles. The van der Waals surface area contributed by atoms with Gasteiger partial charge in [-0.2, -0.15) is 5.10 Å². The van der Waals surface area contributed by atoms with E-state index in [9.17, 15) is 4.79 Å². The van der Waals surface area contributed by atoms with Crippen LogP contribution in [-0.2, 0) is 7.05 Å². The van der Waals surface area contributed by atoms with Crippen LogP contribution in [0.25, 0.3) is 22.3 Å². The van der Waals surface area contributed by atoms with Crippen molar-refractivity contribution in [3.63, 3.8) is 0 Å². The molecule has 1 aliphatic heterocycles. The molecular weight excluding hydrogens is 338 g/mol. The number of carbonyl (C=O) groups is 1. The van der Waals surface area contributed by atoms with Crippen molar-refractivity contribution in [2.24, 2.45) is 13.0 Å². The predicted octanol–water partition coefficient (Wildman–Crippen LogP) is 2.63. The number of carbonyl (C=O) groups excluding carboxylic acids is 1. The van der Waals surface area contributed by atoms with Crippen molar-refractivity contribution in [3.05, 3.63) is 47.7 Å². The summed E-state index contributed by atoms with van der Waals surface area (Å²) in [6.45, 7) is 4.48. The number of nitrogens with zero attached hydrogens (tertiary/aromatic N) is 4. The second-order valence-electron chi connectivity index (χ2n) is 7.29. The molecule has 0 radical (unpaired) electrons. The van der Waals surface area contributed by atoms with Crippen LogP contribution in [0, 0.1) is 12.8 Å². The number of rotatable bonds is 4. The Bertz CT molecular complexity index is 979. The lowest BCUT2D eigenvalue weighted by molar-refractivity contribution is 0.0789. The fraction of sp³-hybridized carbons (Fsp3) is 0.381. The van der Waals surface area contributed by atoms with Crippen molar-refractivity contribution in [2.45, 2.75) is 13.3 Å². The van der Waals surface area contributed by atoms with E-state index in [2.05, 4.69) is 10.4 Å². The summed E-state index contributed by atoms with van der Waals surface area (Å²) >= 11 is 0. The quantitative estimate of drug-likeness (QED) is 0.774. The molecule has 0 aliphatic carbocycles. The van der Waals surface area contributed by atoms with Gasteiger partial charge in [0.1, 0.15) is 0 Å². The number of amides is 1. The van der Waals surface area contributed by atoms with E-state index < -0.39 is 0 Å². The highest BCUT2D eigenvalue weighted by molar-refractivity contribution is 6.07. The standard InChI is InChI=1S/C21H25N5O/c1-14-19-17(21(27)26-10-9-15(13-26)12-22-2)11-18(16-7-5-4-6-8-16)23-20(19)25(3)24-14/h4-8,11,15,22H,9-10,12-13H2,1-3H3. The van der Waals surface area contributed by atoms with Gasteiger partial charge in [-0.15, -0.1) is 0 Å². The van der Waals surface area contributed by atoms with E-state index in [1.54, 1.807) is 4.68 Å². The molecule has 3 aromatic rings. The molecule has 140 valence electrons. The van der Waals surface area contributed by atoms with Gasteiger partial charge in [0, 0.05) is 25.7 Å². The van der Waals surface area contributed by atoms with Crippen LogP contribution in [0.15, 0.2) is 36.4 Å². The smallest absolute Gasteiger partial charge is 0.254 e. The van der Waals surface area contributed by atoms with E-state index >= 15 is 0 Å². The third kappa shape index (κ3) is 3.21. The first-order chi connectivity index (χ1) is 13.1. The summed E-state index contributed by atoms with van der Waals surface area (Å²) < 4.78 is 1.77. The third-order valence-corrected chi connectivity index (χ3v) is 5.33. The van der Waals surface area contributed by atoms with Gasteiger partial charge in [0.25, 0.3) is 5.91 Å². The maximum absolute atomic E-state index is 13.4. The number of pyridine rings is 1. The molecule has 27 heavy (non-hydrogen) atoms. The van der Waals surface area contributed by atoms with Crippen molar-refractivity contribution in [3.8, 4) is 11.3 Å². The van der Waals surface area contributed by atoms with Gasteiger partial charge >= 0.3 is 0 Å². The van der Waals surface area contributed by atoms with Crippen LogP contribution in [0.5, 0.6) is 0 Å². The third-order valence-electron chi connectivity index (χ3n) is 5.33.